The van der Waals surface area contributed by atoms with Crippen LogP contribution >= 0.6 is 11.6 Å². The lowest BCUT2D eigenvalue weighted by atomic mass is 9.97. The first kappa shape index (κ1) is 10.8. The summed E-state index contributed by atoms with van der Waals surface area (Å²) in [4.78, 5) is 0. The van der Waals surface area contributed by atoms with Crippen LogP contribution in [-0.4, -0.2) is 18.2 Å². The number of hydrogen-bond acceptors (Lipinski definition) is 2. The normalized spacial score (nSPS) is 20.8. The second kappa shape index (κ2) is 4.42. The van der Waals surface area contributed by atoms with Crippen molar-refractivity contribution in [2.75, 3.05) is 13.1 Å². The predicted octanol–water partition coefficient (Wildman–Crippen LogP) is 2.51. The average molecular weight is 226 g/mol. The number of nitrogens with one attached hydrogen (secondary N) is 1. The molecule has 2 nitrogen and oxygen atoms in total. The summed E-state index contributed by atoms with van der Waals surface area (Å²) in [6.45, 7) is 4.10. The Morgan fingerprint density at radius 3 is 2.93 bits per heavy atom. The molecule has 1 saturated heterocycles. The van der Waals surface area contributed by atoms with Crippen molar-refractivity contribution in [1.29, 1.82) is 0 Å². The van der Waals surface area contributed by atoms with E-state index < -0.39 is 0 Å². The summed E-state index contributed by atoms with van der Waals surface area (Å²) >= 11 is 5.94. The van der Waals surface area contributed by atoms with Gasteiger partial charge in [0.05, 0.1) is 5.02 Å². The molecule has 1 aromatic rings. The Labute approximate surface area is 95.3 Å². The van der Waals surface area contributed by atoms with Crippen molar-refractivity contribution in [3.05, 3.63) is 28.3 Å². The minimum absolute atomic E-state index is 0.213. The van der Waals surface area contributed by atoms with E-state index in [-0.39, 0.29) is 5.75 Å². The Kier molecular flexibility index (Phi) is 3.17. The molecular formula is C12H16ClNO. The van der Waals surface area contributed by atoms with Gasteiger partial charge in [-0.05, 0) is 56.0 Å². The molecule has 0 radical (unpaired) electrons. The first-order chi connectivity index (χ1) is 7.16. The molecule has 1 aliphatic rings. The lowest BCUT2D eigenvalue weighted by Gasteiger charge is -2.10. The molecule has 0 aliphatic carbocycles. The number of benzene rings is 1. The monoisotopic (exact) mass is 225 g/mol. The summed E-state index contributed by atoms with van der Waals surface area (Å²) in [6, 6.07) is 3.90. The van der Waals surface area contributed by atoms with E-state index in [1.807, 2.05) is 19.1 Å². The zero-order valence-electron chi connectivity index (χ0n) is 8.89. The van der Waals surface area contributed by atoms with E-state index in [0.29, 0.717) is 10.9 Å². The number of aryl methyl sites for hydroxylation is 1. The number of aromatic hydroxyl groups is 1. The molecule has 2 N–H and O–H groups in total. The van der Waals surface area contributed by atoms with Crippen molar-refractivity contribution in [1.82, 2.24) is 5.32 Å². The maximum absolute atomic E-state index is 9.55. The van der Waals surface area contributed by atoms with Crippen LogP contribution in [0, 0.1) is 12.8 Å². The van der Waals surface area contributed by atoms with Gasteiger partial charge >= 0.3 is 0 Å². The van der Waals surface area contributed by atoms with Crippen LogP contribution in [0.2, 0.25) is 5.02 Å². The predicted molar refractivity (Wildman–Crippen MR) is 62.5 cm³/mol. The Balaban J connectivity index is 2.14. The third-order valence-corrected chi connectivity index (χ3v) is 3.29. The molecule has 1 aromatic carbocycles. The summed E-state index contributed by atoms with van der Waals surface area (Å²) < 4.78 is 0. The van der Waals surface area contributed by atoms with E-state index in [4.69, 9.17) is 11.6 Å². The van der Waals surface area contributed by atoms with E-state index in [2.05, 4.69) is 5.32 Å². The smallest absolute Gasteiger partial charge is 0.137 e. The SMILES string of the molecule is Cc1cc(CC2CCNC2)cc(Cl)c1O. The molecule has 0 aromatic heterocycles. The van der Waals surface area contributed by atoms with Crippen molar-refractivity contribution >= 4 is 11.6 Å². The summed E-state index contributed by atoms with van der Waals surface area (Å²) in [6.07, 6.45) is 2.28. The maximum atomic E-state index is 9.55. The molecule has 1 heterocycles. The molecule has 15 heavy (non-hydrogen) atoms. The fourth-order valence-corrected chi connectivity index (χ4v) is 2.44. The Morgan fingerprint density at radius 1 is 1.53 bits per heavy atom. The van der Waals surface area contributed by atoms with E-state index in [1.54, 1.807) is 0 Å². The van der Waals surface area contributed by atoms with Gasteiger partial charge in [0.15, 0.2) is 0 Å². The number of phenolic OH excluding ortho intramolecular Hbond substituents is 1. The van der Waals surface area contributed by atoms with Gasteiger partial charge in [0.1, 0.15) is 5.75 Å². The van der Waals surface area contributed by atoms with Gasteiger partial charge < -0.3 is 10.4 Å². The minimum Gasteiger partial charge on any atom is -0.506 e. The van der Waals surface area contributed by atoms with Crippen molar-refractivity contribution in [2.45, 2.75) is 19.8 Å². The number of halogens is 1. The highest BCUT2D eigenvalue weighted by molar-refractivity contribution is 6.32. The molecule has 0 spiro atoms. The molecule has 3 heteroatoms. The average Bonchev–Trinajstić information content (AvgIpc) is 2.66. The van der Waals surface area contributed by atoms with Crippen LogP contribution in [0.3, 0.4) is 0 Å². The second-order valence-corrected chi connectivity index (χ2v) is 4.71. The van der Waals surface area contributed by atoms with Crippen molar-refractivity contribution in [3.8, 4) is 5.75 Å². The molecule has 1 unspecified atom stereocenters. The number of hydrogen-bond donors (Lipinski definition) is 2. The Hall–Kier alpha value is -0.730. The van der Waals surface area contributed by atoms with Crippen LogP contribution < -0.4 is 5.32 Å². The molecule has 0 amide bonds. The topological polar surface area (TPSA) is 32.3 Å². The molecule has 0 saturated carbocycles. The van der Waals surface area contributed by atoms with Gasteiger partial charge in [-0.2, -0.15) is 0 Å². The quantitative estimate of drug-likeness (QED) is 0.811. The van der Waals surface area contributed by atoms with Crippen LogP contribution in [0.5, 0.6) is 5.75 Å². The second-order valence-electron chi connectivity index (χ2n) is 4.31. The summed E-state index contributed by atoms with van der Waals surface area (Å²) in [5, 5.41) is 13.4. The zero-order chi connectivity index (χ0) is 10.8. The van der Waals surface area contributed by atoms with E-state index >= 15 is 0 Å². The fraction of sp³-hybridized carbons (Fsp3) is 0.500. The molecule has 1 atom stereocenters. The molecule has 1 fully saturated rings. The van der Waals surface area contributed by atoms with E-state index in [0.717, 1.165) is 25.1 Å². The van der Waals surface area contributed by atoms with Crippen LogP contribution in [0.4, 0.5) is 0 Å². The first-order valence-electron chi connectivity index (χ1n) is 5.35. The van der Waals surface area contributed by atoms with Gasteiger partial charge in [0.2, 0.25) is 0 Å². The Bertz CT molecular complexity index is 336. The van der Waals surface area contributed by atoms with Crippen molar-refractivity contribution in [2.24, 2.45) is 5.92 Å². The third kappa shape index (κ3) is 2.44. The van der Waals surface area contributed by atoms with Gasteiger partial charge in [-0.25, -0.2) is 0 Å². The molecule has 82 valence electrons. The highest BCUT2D eigenvalue weighted by Gasteiger charge is 2.15. The summed E-state index contributed by atoms with van der Waals surface area (Å²) in [5.41, 5.74) is 2.09. The lowest BCUT2D eigenvalue weighted by Crippen LogP contribution is -2.10. The summed E-state index contributed by atoms with van der Waals surface area (Å²) in [7, 11) is 0. The van der Waals surface area contributed by atoms with Crippen LogP contribution in [0.1, 0.15) is 17.5 Å². The largest absolute Gasteiger partial charge is 0.506 e. The van der Waals surface area contributed by atoms with Crippen LogP contribution in [-0.2, 0) is 6.42 Å². The molecule has 2 rings (SSSR count). The van der Waals surface area contributed by atoms with Gasteiger partial charge in [-0.3, -0.25) is 0 Å². The maximum Gasteiger partial charge on any atom is 0.137 e. The van der Waals surface area contributed by atoms with Crippen LogP contribution in [0.15, 0.2) is 12.1 Å². The first-order valence-corrected chi connectivity index (χ1v) is 5.73. The zero-order valence-corrected chi connectivity index (χ0v) is 9.64. The standard InChI is InChI=1S/C12H16ClNO/c1-8-4-10(6-11(13)12(8)15)5-9-2-3-14-7-9/h4,6,9,14-15H,2-3,5,7H2,1H3. The summed E-state index contributed by atoms with van der Waals surface area (Å²) in [5.74, 6) is 0.926. The lowest BCUT2D eigenvalue weighted by molar-refractivity contribution is 0.470. The fourth-order valence-electron chi connectivity index (χ4n) is 2.15. The van der Waals surface area contributed by atoms with E-state index in [9.17, 15) is 5.11 Å². The third-order valence-electron chi connectivity index (χ3n) is 3.00. The van der Waals surface area contributed by atoms with Crippen molar-refractivity contribution in [3.63, 3.8) is 0 Å². The highest BCUT2D eigenvalue weighted by Crippen LogP contribution is 2.29. The molecular weight excluding hydrogens is 210 g/mol. The van der Waals surface area contributed by atoms with Gasteiger partial charge in [0.25, 0.3) is 0 Å². The van der Waals surface area contributed by atoms with Gasteiger partial charge in [0, 0.05) is 0 Å². The highest BCUT2D eigenvalue weighted by atomic mass is 35.5. The number of phenols is 1. The van der Waals surface area contributed by atoms with Gasteiger partial charge in [-0.15, -0.1) is 0 Å². The van der Waals surface area contributed by atoms with Crippen LogP contribution in [0.25, 0.3) is 0 Å². The van der Waals surface area contributed by atoms with Crippen molar-refractivity contribution < 1.29 is 5.11 Å². The number of rotatable bonds is 2. The van der Waals surface area contributed by atoms with E-state index in [1.165, 1.54) is 12.0 Å². The molecule has 1 aliphatic heterocycles. The molecule has 0 bridgehead atoms. The van der Waals surface area contributed by atoms with Gasteiger partial charge in [-0.1, -0.05) is 17.7 Å². The Morgan fingerprint density at radius 2 is 2.33 bits per heavy atom. The minimum atomic E-state index is 0.213.